The van der Waals surface area contributed by atoms with E-state index in [2.05, 4.69) is 10.3 Å². The molecule has 2 N–H and O–H groups in total. The molecule has 0 saturated carbocycles. The Balaban J connectivity index is 1.88. The molecule has 15 heavy (non-hydrogen) atoms. The van der Waals surface area contributed by atoms with Crippen LogP contribution in [-0.4, -0.2) is 16.6 Å². The van der Waals surface area contributed by atoms with Crippen molar-refractivity contribution >= 4 is 27.8 Å². The lowest BCUT2D eigenvalue weighted by atomic mass is 10.2. The summed E-state index contributed by atoms with van der Waals surface area (Å²) in [5, 5.41) is 19.7. The van der Waals surface area contributed by atoms with Gasteiger partial charge in [0.2, 0.25) is 0 Å². The first-order chi connectivity index (χ1) is 7.25. The van der Waals surface area contributed by atoms with Crippen LogP contribution >= 0.6 is 22.7 Å². The highest BCUT2D eigenvalue weighted by atomic mass is 32.1. The number of aromatic nitrogens is 1. The minimum atomic E-state index is -0.458. The highest BCUT2D eigenvalue weighted by Gasteiger charge is 2.08. The Morgan fingerprint density at radius 3 is 3.00 bits per heavy atom. The van der Waals surface area contributed by atoms with Crippen LogP contribution in [0, 0.1) is 6.92 Å². The van der Waals surface area contributed by atoms with E-state index in [-0.39, 0.29) is 0 Å². The van der Waals surface area contributed by atoms with Crippen LogP contribution in [0.5, 0.6) is 0 Å². The predicted molar refractivity (Wildman–Crippen MR) is 64.6 cm³/mol. The number of aryl methyl sites for hydroxylation is 1. The molecule has 0 aromatic carbocycles. The van der Waals surface area contributed by atoms with Gasteiger partial charge in [0.15, 0.2) is 5.13 Å². The Bertz CT molecular complexity index is 411. The first kappa shape index (κ1) is 10.6. The monoisotopic (exact) mass is 240 g/mol. The quantitative estimate of drug-likeness (QED) is 0.863. The van der Waals surface area contributed by atoms with E-state index in [0.29, 0.717) is 6.54 Å². The van der Waals surface area contributed by atoms with Gasteiger partial charge in [-0.15, -0.1) is 11.3 Å². The Kier molecular flexibility index (Phi) is 3.35. The molecule has 3 nitrogen and oxygen atoms in total. The Morgan fingerprint density at radius 1 is 1.53 bits per heavy atom. The van der Waals surface area contributed by atoms with Gasteiger partial charge in [-0.25, -0.2) is 4.98 Å². The highest BCUT2D eigenvalue weighted by Crippen LogP contribution is 2.19. The van der Waals surface area contributed by atoms with Crippen molar-refractivity contribution in [2.24, 2.45) is 0 Å². The normalized spacial score (nSPS) is 12.7. The number of anilines is 1. The highest BCUT2D eigenvalue weighted by molar-refractivity contribution is 7.13. The van der Waals surface area contributed by atoms with E-state index in [0.717, 1.165) is 16.4 Å². The molecule has 0 aliphatic carbocycles. The molecule has 2 rings (SSSR count). The van der Waals surface area contributed by atoms with Crippen LogP contribution in [0.15, 0.2) is 22.2 Å². The van der Waals surface area contributed by atoms with Crippen LogP contribution in [0.3, 0.4) is 0 Å². The zero-order valence-corrected chi connectivity index (χ0v) is 9.94. The van der Waals surface area contributed by atoms with Crippen molar-refractivity contribution in [1.29, 1.82) is 0 Å². The van der Waals surface area contributed by atoms with E-state index in [1.54, 1.807) is 22.7 Å². The first-order valence-corrected chi connectivity index (χ1v) is 6.44. The molecule has 0 aliphatic heterocycles. The molecular weight excluding hydrogens is 228 g/mol. The van der Waals surface area contributed by atoms with Crippen molar-refractivity contribution < 1.29 is 5.11 Å². The van der Waals surface area contributed by atoms with Crippen LogP contribution in [-0.2, 0) is 0 Å². The minimum absolute atomic E-state index is 0.458. The predicted octanol–water partition coefficient (Wildman–Crippen LogP) is 2.66. The van der Waals surface area contributed by atoms with Gasteiger partial charge in [0.05, 0.1) is 11.8 Å². The number of hydrogen-bond acceptors (Lipinski definition) is 5. The molecule has 1 unspecified atom stereocenters. The summed E-state index contributed by atoms with van der Waals surface area (Å²) in [6.45, 7) is 2.46. The Labute approximate surface area is 96.4 Å². The smallest absolute Gasteiger partial charge is 0.182 e. The van der Waals surface area contributed by atoms with Gasteiger partial charge in [-0.3, -0.25) is 0 Å². The summed E-state index contributed by atoms with van der Waals surface area (Å²) in [6.07, 6.45) is -0.458. The molecule has 0 saturated heterocycles. The van der Waals surface area contributed by atoms with Crippen molar-refractivity contribution in [3.05, 3.63) is 33.5 Å². The van der Waals surface area contributed by atoms with Gasteiger partial charge in [0.25, 0.3) is 0 Å². The number of rotatable bonds is 4. The molecule has 5 heteroatoms. The number of nitrogens with one attached hydrogen (secondary N) is 1. The fraction of sp³-hybridized carbons (Fsp3) is 0.300. The van der Waals surface area contributed by atoms with Crippen molar-refractivity contribution in [3.63, 3.8) is 0 Å². The van der Waals surface area contributed by atoms with Crippen LogP contribution in [0.2, 0.25) is 0 Å². The van der Waals surface area contributed by atoms with Gasteiger partial charge in [-0.1, -0.05) is 0 Å². The standard InChI is InChI=1S/C10H12N2OS2/c1-7-5-15-10(12-7)11-4-9(13)8-2-3-14-6-8/h2-3,5-6,9,13H,4H2,1H3,(H,11,12). The number of thiophene rings is 1. The van der Waals surface area contributed by atoms with Crippen molar-refractivity contribution in [2.45, 2.75) is 13.0 Å². The second-order valence-electron chi connectivity index (χ2n) is 3.25. The third kappa shape index (κ3) is 2.77. The maximum absolute atomic E-state index is 9.80. The summed E-state index contributed by atoms with van der Waals surface area (Å²) in [5.74, 6) is 0. The summed E-state index contributed by atoms with van der Waals surface area (Å²) in [7, 11) is 0. The number of nitrogens with zero attached hydrogens (tertiary/aromatic N) is 1. The Hall–Kier alpha value is -0.910. The number of aliphatic hydroxyl groups is 1. The van der Waals surface area contributed by atoms with E-state index >= 15 is 0 Å². The second kappa shape index (κ2) is 4.74. The summed E-state index contributed by atoms with van der Waals surface area (Å²) in [4.78, 5) is 4.26. The molecule has 2 aromatic heterocycles. The number of hydrogen-bond donors (Lipinski definition) is 2. The zero-order valence-electron chi connectivity index (χ0n) is 8.30. The van der Waals surface area contributed by atoms with E-state index in [1.807, 2.05) is 29.1 Å². The molecule has 0 spiro atoms. The van der Waals surface area contributed by atoms with Crippen molar-refractivity contribution in [1.82, 2.24) is 4.98 Å². The van der Waals surface area contributed by atoms with E-state index in [9.17, 15) is 5.11 Å². The maximum atomic E-state index is 9.80. The van der Waals surface area contributed by atoms with Crippen molar-refractivity contribution in [2.75, 3.05) is 11.9 Å². The van der Waals surface area contributed by atoms with E-state index < -0.39 is 6.10 Å². The molecule has 1 atom stereocenters. The molecule has 0 amide bonds. The molecule has 0 aliphatic rings. The molecule has 0 fully saturated rings. The fourth-order valence-corrected chi connectivity index (χ4v) is 2.61. The van der Waals surface area contributed by atoms with E-state index in [4.69, 9.17) is 0 Å². The number of aliphatic hydroxyl groups excluding tert-OH is 1. The molecule has 2 heterocycles. The average Bonchev–Trinajstić information content (AvgIpc) is 2.84. The van der Waals surface area contributed by atoms with E-state index in [1.165, 1.54) is 0 Å². The SMILES string of the molecule is Cc1csc(NCC(O)c2ccsc2)n1. The Morgan fingerprint density at radius 2 is 2.40 bits per heavy atom. The second-order valence-corrected chi connectivity index (χ2v) is 4.89. The largest absolute Gasteiger partial charge is 0.387 e. The average molecular weight is 240 g/mol. The van der Waals surface area contributed by atoms with Gasteiger partial charge in [-0.2, -0.15) is 11.3 Å². The first-order valence-electron chi connectivity index (χ1n) is 4.62. The molecule has 2 aromatic rings. The van der Waals surface area contributed by atoms with Crippen LogP contribution in [0.4, 0.5) is 5.13 Å². The van der Waals surface area contributed by atoms with Crippen molar-refractivity contribution in [3.8, 4) is 0 Å². The topological polar surface area (TPSA) is 45.1 Å². The van der Waals surface area contributed by atoms with Gasteiger partial charge in [-0.05, 0) is 29.3 Å². The van der Waals surface area contributed by atoms with Gasteiger partial charge in [0, 0.05) is 11.9 Å². The maximum Gasteiger partial charge on any atom is 0.182 e. The molecule has 0 bridgehead atoms. The van der Waals surface area contributed by atoms with Gasteiger partial charge >= 0.3 is 0 Å². The molecule has 80 valence electrons. The lowest BCUT2D eigenvalue weighted by molar-refractivity contribution is 0.192. The summed E-state index contributed by atoms with van der Waals surface area (Å²) in [6, 6.07) is 1.93. The van der Waals surface area contributed by atoms with Crippen LogP contribution < -0.4 is 5.32 Å². The summed E-state index contributed by atoms with van der Waals surface area (Å²) >= 11 is 3.15. The third-order valence-electron chi connectivity index (χ3n) is 1.99. The number of thiazole rings is 1. The van der Waals surface area contributed by atoms with Crippen LogP contribution in [0.25, 0.3) is 0 Å². The third-order valence-corrected chi connectivity index (χ3v) is 3.61. The van der Waals surface area contributed by atoms with Crippen LogP contribution in [0.1, 0.15) is 17.4 Å². The molecular formula is C10H12N2OS2. The minimum Gasteiger partial charge on any atom is -0.387 e. The summed E-state index contributed by atoms with van der Waals surface area (Å²) < 4.78 is 0. The van der Waals surface area contributed by atoms with Gasteiger partial charge in [0.1, 0.15) is 0 Å². The molecule has 0 radical (unpaired) electrons. The summed E-state index contributed by atoms with van der Waals surface area (Å²) in [5.41, 5.74) is 1.97. The lowest BCUT2D eigenvalue weighted by Gasteiger charge is -2.08. The zero-order chi connectivity index (χ0) is 10.7. The lowest BCUT2D eigenvalue weighted by Crippen LogP contribution is -2.11. The fourth-order valence-electron chi connectivity index (χ4n) is 1.20. The van der Waals surface area contributed by atoms with Gasteiger partial charge < -0.3 is 10.4 Å².